The van der Waals surface area contributed by atoms with Gasteiger partial charge in [-0.2, -0.15) is 0 Å². The van der Waals surface area contributed by atoms with Crippen molar-refractivity contribution in [2.24, 2.45) is 35.0 Å². The lowest BCUT2D eigenvalue weighted by Gasteiger charge is -2.57. The second-order valence-corrected chi connectivity index (χ2v) is 9.79. The summed E-state index contributed by atoms with van der Waals surface area (Å²) in [6.45, 7) is 5.87. The minimum Gasteiger partial charge on any atom is -0.381 e. The van der Waals surface area contributed by atoms with Crippen LogP contribution < -0.4 is 0 Å². The molecule has 1 unspecified atom stereocenters. The zero-order valence-corrected chi connectivity index (χ0v) is 15.7. The molecular formula is C22H34O2. The van der Waals surface area contributed by atoms with Gasteiger partial charge in [-0.1, -0.05) is 18.6 Å². The summed E-state index contributed by atoms with van der Waals surface area (Å²) >= 11 is 0. The van der Waals surface area contributed by atoms with E-state index in [1.807, 2.05) is 7.11 Å². The Balaban J connectivity index is 1.44. The number of rotatable bonds is 1. The molecule has 1 heterocycles. The maximum Gasteiger partial charge on any atom is 0.0920 e. The average Bonchev–Trinajstić information content (AvgIpc) is 3.24. The van der Waals surface area contributed by atoms with Crippen molar-refractivity contribution in [1.82, 2.24) is 0 Å². The molecule has 0 amide bonds. The number of allylic oxidation sites excluding steroid dienone is 2. The molecule has 4 aliphatic carbocycles. The van der Waals surface area contributed by atoms with Crippen molar-refractivity contribution >= 4 is 0 Å². The van der Waals surface area contributed by atoms with Gasteiger partial charge in [-0.25, -0.2) is 0 Å². The summed E-state index contributed by atoms with van der Waals surface area (Å²) in [5.74, 6) is 4.45. The molecule has 5 fully saturated rings. The van der Waals surface area contributed by atoms with Crippen molar-refractivity contribution in [3.63, 3.8) is 0 Å². The standard InChI is InChI=1S/C22H34O2/c1-4-14-5-6-19-17-11-20(23-3)18-12-22(13-24-22)10-8-16(18)15(17)7-9-21(14,19)2/h4,15-20H,5-13H2,1-3H3/b14-4-/t15-,16-,17-,18+,19+,20-,21-,22?/m1/s1. The van der Waals surface area contributed by atoms with Crippen LogP contribution in [0.25, 0.3) is 0 Å². The van der Waals surface area contributed by atoms with E-state index in [-0.39, 0.29) is 5.60 Å². The first-order valence-corrected chi connectivity index (χ1v) is 10.4. The molecule has 5 aliphatic rings. The molecule has 8 atom stereocenters. The third-order valence-corrected chi connectivity index (χ3v) is 9.17. The third kappa shape index (κ3) is 2.08. The lowest BCUT2D eigenvalue weighted by atomic mass is 9.49. The van der Waals surface area contributed by atoms with Crippen LogP contribution in [0.5, 0.6) is 0 Å². The Morgan fingerprint density at radius 3 is 2.54 bits per heavy atom. The number of hydrogen-bond acceptors (Lipinski definition) is 2. The minimum atomic E-state index is 0.277. The van der Waals surface area contributed by atoms with Gasteiger partial charge in [0.1, 0.15) is 0 Å². The van der Waals surface area contributed by atoms with Crippen molar-refractivity contribution in [3.05, 3.63) is 11.6 Å². The molecule has 0 aromatic heterocycles. The highest BCUT2D eigenvalue weighted by molar-refractivity contribution is 5.23. The Morgan fingerprint density at radius 1 is 1.08 bits per heavy atom. The third-order valence-electron chi connectivity index (χ3n) is 9.17. The van der Waals surface area contributed by atoms with E-state index in [4.69, 9.17) is 9.47 Å². The van der Waals surface area contributed by atoms with Crippen molar-refractivity contribution in [2.75, 3.05) is 13.7 Å². The van der Waals surface area contributed by atoms with Crippen LogP contribution in [-0.4, -0.2) is 25.4 Å². The molecule has 1 spiro atoms. The number of ether oxygens (including phenoxy) is 2. The first kappa shape index (κ1) is 15.9. The van der Waals surface area contributed by atoms with Gasteiger partial charge in [0.2, 0.25) is 0 Å². The highest BCUT2D eigenvalue weighted by Gasteiger charge is 2.60. The van der Waals surface area contributed by atoms with Crippen LogP contribution in [0, 0.1) is 35.0 Å². The fourth-order valence-electron chi connectivity index (χ4n) is 7.85. The number of fused-ring (bicyclic) bond motifs is 5. The van der Waals surface area contributed by atoms with Crippen molar-refractivity contribution in [1.29, 1.82) is 0 Å². The van der Waals surface area contributed by atoms with Crippen LogP contribution in [0.4, 0.5) is 0 Å². The van der Waals surface area contributed by atoms with E-state index >= 15 is 0 Å². The first-order valence-electron chi connectivity index (χ1n) is 10.4. The van der Waals surface area contributed by atoms with Gasteiger partial charge >= 0.3 is 0 Å². The van der Waals surface area contributed by atoms with Crippen LogP contribution in [0.1, 0.15) is 65.2 Å². The lowest BCUT2D eigenvalue weighted by molar-refractivity contribution is -0.122. The summed E-state index contributed by atoms with van der Waals surface area (Å²) in [5.41, 5.74) is 2.53. The zero-order valence-electron chi connectivity index (χ0n) is 15.7. The summed E-state index contributed by atoms with van der Waals surface area (Å²) in [6, 6.07) is 0. The smallest absolute Gasteiger partial charge is 0.0920 e. The average molecular weight is 331 g/mol. The van der Waals surface area contributed by atoms with Crippen LogP contribution in [0.3, 0.4) is 0 Å². The maximum absolute atomic E-state index is 6.10. The van der Waals surface area contributed by atoms with E-state index in [1.54, 1.807) is 5.57 Å². The topological polar surface area (TPSA) is 21.8 Å². The molecule has 0 N–H and O–H groups in total. The monoisotopic (exact) mass is 330 g/mol. The van der Waals surface area contributed by atoms with Crippen LogP contribution in [-0.2, 0) is 9.47 Å². The molecule has 2 heteroatoms. The normalized spacial score (nSPS) is 57.5. The van der Waals surface area contributed by atoms with Crippen LogP contribution in [0.2, 0.25) is 0 Å². The molecule has 1 saturated heterocycles. The molecule has 4 saturated carbocycles. The quantitative estimate of drug-likeness (QED) is 0.499. The van der Waals surface area contributed by atoms with Gasteiger partial charge in [-0.3, -0.25) is 0 Å². The van der Waals surface area contributed by atoms with Gasteiger partial charge in [0.15, 0.2) is 0 Å². The van der Waals surface area contributed by atoms with Crippen molar-refractivity contribution < 1.29 is 9.47 Å². The zero-order chi connectivity index (χ0) is 16.5. The molecular weight excluding hydrogens is 296 g/mol. The molecule has 0 bridgehead atoms. The molecule has 24 heavy (non-hydrogen) atoms. The van der Waals surface area contributed by atoms with E-state index in [9.17, 15) is 0 Å². The van der Waals surface area contributed by atoms with E-state index < -0.39 is 0 Å². The Bertz CT molecular complexity index is 548. The Hall–Kier alpha value is -0.340. The summed E-state index contributed by atoms with van der Waals surface area (Å²) < 4.78 is 12.0. The van der Waals surface area contributed by atoms with Crippen LogP contribution >= 0.6 is 0 Å². The van der Waals surface area contributed by atoms with E-state index in [0.717, 1.165) is 36.2 Å². The van der Waals surface area contributed by atoms with Gasteiger partial charge in [-0.05, 0) is 93.3 Å². The molecule has 2 nitrogen and oxygen atoms in total. The van der Waals surface area contributed by atoms with Gasteiger partial charge in [0.05, 0.1) is 18.3 Å². The number of hydrogen-bond donors (Lipinski definition) is 0. The molecule has 1 aliphatic heterocycles. The predicted octanol–water partition coefficient (Wildman–Crippen LogP) is 4.98. The fraction of sp³-hybridized carbons (Fsp3) is 0.909. The predicted molar refractivity (Wildman–Crippen MR) is 95.7 cm³/mol. The SMILES string of the molecule is C/C=C1/CC[C@H]2[C@@H]3C[C@@H](OC)[C@H]4CC5(CC[C@@H]4[C@H]3CC[C@]12C)CO5. The Morgan fingerprint density at radius 2 is 1.83 bits per heavy atom. The van der Waals surface area contributed by atoms with Crippen LogP contribution in [0.15, 0.2) is 11.6 Å². The van der Waals surface area contributed by atoms with Gasteiger partial charge in [0, 0.05) is 7.11 Å². The highest BCUT2D eigenvalue weighted by atomic mass is 16.6. The number of epoxide rings is 1. The molecule has 134 valence electrons. The van der Waals surface area contributed by atoms with Gasteiger partial charge in [-0.15, -0.1) is 0 Å². The van der Waals surface area contributed by atoms with Crippen molar-refractivity contribution in [2.45, 2.75) is 76.9 Å². The summed E-state index contributed by atoms with van der Waals surface area (Å²) in [6.07, 6.45) is 13.9. The largest absolute Gasteiger partial charge is 0.381 e. The Labute approximate surface area is 147 Å². The van der Waals surface area contributed by atoms with E-state index in [0.29, 0.717) is 11.5 Å². The van der Waals surface area contributed by atoms with E-state index in [2.05, 4.69) is 19.9 Å². The second-order valence-electron chi connectivity index (χ2n) is 9.79. The summed E-state index contributed by atoms with van der Waals surface area (Å²) in [7, 11) is 1.96. The van der Waals surface area contributed by atoms with E-state index in [1.165, 1.54) is 51.4 Å². The lowest BCUT2D eigenvalue weighted by Crippen LogP contribution is -2.53. The highest BCUT2D eigenvalue weighted by Crippen LogP contribution is 2.65. The molecule has 0 radical (unpaired) electrons. The summed E-state index contributed by atoms with van der Waals surface area (Å²) in [5, 5.41) is 0. The Kier molecular flexibility index (Phi) is 3.53. The molecule has 5 rings (SSSR count). The number of methoxy groups -OCH3 is 1. The maximum atomic E-state index is 6.10. The first-order chi connectivity index (χ1) is 11.6. The van der Waals surface area contributed by atoms with Crippen molar-refractivity contribution in [3.8, 4) is 0 Å². The second kappa shape index (κ2) is 5.33. The van der Waals surface area contributed by atoms with Gasteiger partial charge in [0.25, 0.3) is 0 Å². The fourth-order valence-corrected chi connectivity index (χ4v) is 7.85. The molecule has 0 aromatic carbocycles. The summed E-state index contributed by atoms with van der Waals surface area (Å²) in [4.78, 5) is 0. The van der Waals surface area contributed by atoms with Gasteiger partial charge < -0.3 is 9.47 Å². The molecule has 0 aromatic rings. The minimum absolute atomic E-state index is 0.277.